The topological polar surface area (TPSA) is 26.0 Å². The van der Waals surface area contributed by atoms with Crippen LogP contribution in [0, 0.1) is 11.8 Å². The molecule has 0 aliphatic heterocycles. The van der Waals surface area contributed by atoms with Crippen molar-refractivity contribution in [1.29, 1.82) is 0 Å². The molecular formula is C15H19N. The molecule has 2 aliphatic carbocycles. The van der Waals surface area contributed by atoms with Gasteiger partial charge in [-0.2, -0.15) is 0 Å². The zero-order valence-electron chi connectivity index (χ0n) is 9.82. The molecule has 1 fully saturated rings. The number of rotatable bonds is 1. The molecule has 0 aromatic carbocycles. The average Bonchev–Trinajstić information content (AvgIpc) is 2.28. The third-order valence-electron chi connectivity index (χ3n) is 3.36. The van der Waals surface area contributed by atoms with Crippen molar-refractivity contribution in [3.63, 3.8) is 0 Å². The van der Waals surface area contributed by atoms with E-state index in [-0.39, 0.29) is 0 Å². The van der Waals surface area contributed by atoms with Gasteiger partial charge in [-0.3, -0.25) is 0 Å². The first-order chi connectivity index (χ1) is 7.68. The molecule has 0 aromatic rings. The van der Waals surface area contributed by atoms with Gasteiger partial charge in [0.2, 0.25) is 0 Å². The minimum Gasteiger partial charge on any atom is -0.402 e. The lowest BCUT2D eigenvalue weighted by Gasteiger charge is -2.32. The van der Waals surface area contributed by atoms with Gasteiger partial charge in [-0.25, -0.2) is 0 Å². The van der Waals surface area contributed by atoms with Crippen molar-refractivity contribution in [2.24, 2.45) is 17.6 Å². The molecule has 1 nitrogen and oxygen atoms in total. The molecular weight excluding hydrogens is 194 g/mol. The molecule has 2 rings (SSSR count). The van der Waals surface area contributed by atoms with Gasteiger partial charge in [-0.15, -0.1) is 0 Å². The highest BCUT2D eigenvalue weighted by Crippen LogP contribution is 2.40. The molecule has 16 heavy (non-hydrogen) atoms. The van der Waals surface area contributed by atoms with Crippen LogP contribution in [0.15, 0.2) is 59.9 Å². The van der Waals surface area contributed by atoms with Crippen LogP contribution in [0.1, 0.15) is 19.8 Å². The van der Waals surface area contributed by atoms with E-state index in [2.05, 4.69) is 37.0 Å². The SMILES string of the molecule is C=C1/C(=C\C=C(\C)N)CCC2C=CC=C[C@@H]12. The summed E-state index contributed by atoms with van der Waals surface area (Å²) in [5.41, 5.74) is 9.11. The van der Waals surface area contributed by atoms with Gasteiger partial charge in [0.25, 0.3) is 0 Å². The van der Waals surface area contributed by atoms with Crippen LogP contribution in [0.2, 0.25) is 0 Å². The zero-order valence-corrected chi connectivity index (χ0v) is 9.82. The van der Waals surface area contributed by atoms with Crippen molar-refractivity contribution in [3.05, 3.63) is 59.9 Å². The van der Waals surface area contributed by atoms with E-state index in [9.17, 15) is 0 Å². The van der Waals surface area contributed by atoms with Crippen molar-refractivity contribution >= 4 is 0 Å². The minimum absolute atomic E-state index is 0.497. The summed E-state index contributed by atoms with van der Waals surface area (Å²) >= 11 is 0. The van der Waals surface area contributed by atoms with Crippen LogP contribution >= 0.6 is 0 Å². The fourth-order valence-electron chi connectivity index (χ4n) is 2.42. The molecule has 1 saturated carbocycles. The Balaban J connectivity index is 2.19. The molecule has 84 valence electrons. The number of allylic oxidation sites excluding steroid dienone is 9. The first kappa shape index (κ1) is 11.0. The molecule has 0 amide bonds. The molecule has 0 aromatic heterocycles. The lowest BCUT2D eigenvalue weighted by Crippen LogP contribution is -2.21. The van der Waals surface area contributed by atoms with E-state index in [1.54, 1.807) is 0 Å². The van der Waals surface area contributed by atoms with Crippen LogP contribution in [-0.4, -0.2) is 0 Å². The molecule has 1 unspecified atom stereocenters. The predicted octanol–water partition coefficient (Wildman–Crippen LogP) is 3.48. The van der Waals surface area contributed by atoms with Gasteiger partial charge in [0.1, 0.15) is 0 Å². The normalized spacial score (nSPS) is 31.9. The standard InChI is InChI=1S/C15H19N/c1-11(16)7-8-13-9-10-14-5-3-4-6-15(14)12(13)2/h3-8,14-15H,2,9-10,16H2,1H3/b11-7-,13-8-/t14?,15-/m0/s1. The van der Waals surface area contributed by atoms with Crippen LogP contribution in [-0.2, 0) is 0 Å². The quantitative estimate of drug-likeness (QED) is 0.709. The molecule has 0 spiro atoms. The Labute approximate surface area is 97.7 Å². The lowest BCUT2D eigenvalue weighted by atomic mass is 9.72. The van der Waals surface area contributed by atoms with Crippen LogP contribution in [0.5, 0.6) is 0 Å². The minimum atomic E-state index is 0.497. The van der Waals surface area contributed by atoms with Crippen molar-refractivity contribution < 1.29 is 0 Å². The number of nitrogens with two attached hydrogens (primary N) is 1. The van der Waals surface area contributed by atoms with Crippen molar-refractivity contribution in [2.75, 3.05) is 0 Å². The van der Waals surface area contributed by atoms with Gasteiger partial charge >= 0.3 is 0 Å². The Kier molecular flexibility index (Phi) is 3.14. The fraction of sp³-hybridized carbons (Fsp3) is 0.333. The third-order valence-corrected chi connectivity index (χ3v) is 3.36. The van der Waals surface area contributed by atoms with E-state index >= 15 is 0 Å². The summed E-state index contributed by atoms with van der Waals surface area (Å²) < 4.78 is 0. The second-order valence-corrected chi connectivity index (χ2v) is 4.63. The van der Waals surface area contributed by atoms with Gasteiger partial charge < -0.3 is 5.73 Å². The van der Waals surface area contributed by atoms with E-state index in [1.807, 2.05) is 13.0 Å². The summed E-state index contributed by atoms with van der Waals surface area (Å²) in [6.07, 6.45) is 15.3. The second kappa shape index (κ2) is 4.56. The number of fused-ring (bicyclic) bond motifs is 1. The van der Waals surface area contributed by atoms with Crippen LogP contribution in [0.25, 0.3) is 0 Å². The Morgan fingerprint density at radius 2 is 2.19 bits per heavy atom. The Morgan fingerprint density at radius 1 is 1.44 bits per heavy atom. The number of hydrogen-bond acceptors (Lipinski definition) is 1. The van der Waals surface area contributed by atoms with Crippen LogP contribution < -0.4 is 5.73 Å². The van der Waals surface area contributed by atoms with E-state index < -0.39 is 0 Å². The van der Waals surface area contributed by atoms with Gasteiger partial charge in [0, 0.05) is 11.6 Å². The van der Waals surface area contributed by atoms with Gasteiger partial charge in [0.15, 0.2) is 0 Å². The first-order valence-electron chi connectivity index (χ1n) is 5.85. The summed E-state index contributed by atoms with van der Waals surface area (Å²) in [5.74, 6) is 1.15. The Bertz CT molecular complexity index is 403. The maximum Gasteiger partial charge on any atom is 0.00810 e. The molecule has 1 heteroatoms. The van der Waals surface area contributed by atoms with Crippen molar-refractivity contribution in [2.45, 2.75) is 19.8 Å². The molecule has 2 N–H and O–H groups in total. The lowest BCUT2D eigenvalue weighted by molar-refractivity contribution is 0.459. The summed E-state index contributed by atoms with van der Waals surface area (Å²) in [6, 6.07) is 0. The third kappa shape index (κ3) is 2.19. The van der Waals surface area contributed by atoms with Gasteiger partial charge in [0.05, 0.1) is 0 Å². The highest BCUT2D eigenvalue weighted by molar-refractivity contribution is 5.41. The van der Waals surface area contributed by atoms with Gasteiger partial charge in [-0.05, 0) is 42.9 Å². The average molecular weight is 213 g/mol. The van der Waals surface area contributed by atoms with Crippen LogP contribution in [0.4, 0.5) is 0 Å². The van der Waals surface area contributed by atoms with E-state index in [0.717, 1.165) is 12.1 Å². The molecule has 0 bridgehead atoms. The van der Waals surface area contributed by atoms with Crippen molar-refractivity contribution in [1.82, 2.24) is 0 Å². The highest BCUT2D eigenvalue weighted by Gasteiger charge is 2.27. The first-order valence-corrected chi connectivity index (χ1v) is 5.85. The monoisotopic (exact) mass is 213 g/mol. The van der Waals surface area contributed by atoms with Crippen LogP contribution in [0.3, 0.4) is 0 Å². The summed E-state index contributed by atoms with van der Waals surface area (Å²) in [4.78, 5) is 0. The highest BCUT2D eigenvalue weighted by atomic mass is 14.5. The maximum absolute atomic E-state index is 5.65. The van der Waals surface area contributed by atoms with Gasteiger partial charge in [-0.1, -0.05) is 37.0 Å². The van der Waals surface area contributed by atoms with E-state index in [1.165, 1.54) is 17.6 Å². The van der Waals surface area contributed by atoms with Crippen molar-refractivity contribution in [3.8, 4) is 0 Å². The zero-order chi connectivity index (χ0) is 11.5. The largest absolute Gasteiger partial charge is 0.402 e. The van der Waals surface area contributed by atoms with E-state index in [0.29, 0.717) is 11.8 Å². The second-order valence-electron chi connectivity index (χ2n) is 4.63. The molecule has 0 saturated heterocycles. The molecule has 0 heterocycles. The fourth-order valence-corrected chi connectivity index (χ4v) is 2.42. The summed E-state index contributed by atoms with van der Waals surface area (Å²) in [7, 11) is 0. The predicted molar refractivity (Wildman–Crippen MR) is 69.7 cm³/mol. The summed E-state index contributed by atoms with van der Waals surface area (Å²) in [6.45, 7) is 6.15. The molecule has 2 atom stereocenters. The Morgan fingerprint density at radius 3 is 2.94 bits per heavy atom. The molecule has 2 aliphatic rings. The number of hydrogen-bond donors (Lipinski definition) is 1. The smallest absolute Gasteiger partial charge is 0.00810 e. The molecule has 0 radical (unpaired) electrons. The Hall–Kier alpha value is -1.50. The summed E-state index contributed by atoms with van der Waals surface area (Å²) in [5, 5.41) is 0. The van der Waals surface area contributed by atoms with E-state index in [4.69, 9.17) is 5.73 Å². The maximum atomic E-state index is 5.65.